The highest BCUT2D eigenvalue weighted by molar-refractivity contribution is 9.10. The third kappa shape index (κ3) is 6.33. The number of nitrogens with zero attached hydrogens (tertiary/aromatic N) is 1. The topological polar surface area (TPSA) is 58.6 Å². The molecular weight excluding hydrogens is 444 g/mol. The Morgan fingerprint density at radius 3 is 2.40 bits per heavy atom. The van der Waals surface area contributed by atoms with E-state index in [2.05, 4.69) is 21.2 Å². The van der Waals surface area contributed by atoms with Gasteiger partial charge < -0.3 is 15.0 Å². The molecule has 2 aromatic rings. The van der Waals surface area contributed by atoms with Gasteiger partial charge in [-0.2, -0.15) is 0 Å². The highest BCUT2D eigenvalue weighted by Gasteiger charge is 2.30. The molecule has 160 valence electrons. The third-order valence-corrected chi connectivity index (χ3v) is 5.99. The molecule has 1 aliphatic carbocycles. The molecule has 0 heterocycles. The summed E-state index contributed by atoms with van der Waals surface area (Å²) in [4.78, 5) is 27.8. The summed E-state index contributed by atoms with van der Waals surface area (Å²) in [5, 5.41) is 3.15. The van der Waals surface area contributed by atoms with Crippen molar-refractivity contribution in [2.45, 2.75) is 57.7 Å². The number of rotatable bonds is 9. The van der Waals surface area contributed by atoms with Gasteiger partial charge in [-0.05, 0) is 49.1 Å². The molecule has 30 heavy (non-hydrogen) atoms. The summed E-state index contributed by atoms with van der Waals surface area (Å²) in [6, 6.07) is 16.8. The highest BCUT2D eigenvalue weighted by atomic mass is 79.9. The zero-order valence-electron chi connectivity index (χ0n) is 17.4. The predicted molar refractivity (Wildman–Crippen MR) is 121 cm³/mol. The van der Waals surface area contributed by atoms with Gasteiger partial charge in [0.15, 0.2) is 6.61 Å². The smallest absolute Gasteiger partial charge is 0.261 e. The van der Waals surface area contributed by atoms with E-state index in [0.29, 0.717) is 18.7 Å². The molecule has 1 fully saturated rings. The number of ether oxygens (including phenoxy) is 1. The first kappa shape index (κ1) is 22.3. The maximum absolute atomic E-state index is 13.1. The monoisotopic (exact) mass is 472 g/mol. The molecule has 2 aromatic carbocycles. The van der Waals surface area contributed by atoms with Crippen molar-refractivity contribution in [3.05, 3.63) is 64.6 Å². The molecule has 0 aromatic heterocycles. The van der Waals surface area contributed by atoms with E-state index in [-0.39, 0.29) is 24.5 Å². The number of hydrogen-bond acceptors (Lipinski definition) is 3. The first-order valence-corrected chi connectivity index (χ1v) is 11.4. The van der Waals surface area contributed by atoms with Crippen molar-refractivity contribution in [3.8, 4) is 5.75 Å². The van der Waals surface area contributed by atoms with Crippen molar-refractivity contribution in [3.63, 3.8) is 0 Å². The number of carbonyl (C=O) groups excluding carboxylic acids is 2. The minimum atomic E-state index is -0.521. The Morgan fingerprint density at radius 1 is 1.10 bits per heavy atom. The summed E-state index contributed by atoms with van der Waals surface area (Å²) < 4.78 is 6.65. The standard InChI is InChI=1S/C24H29BrN2O3/c1-2-22(24(29)26-20-10-6-7-11-20)27(16-18-8-4-3-5-9-18)23(28)17-30-21-14-12-19(25)13-15-21/h3-5,8-9,12-15,20,22H,2,6-7,10-11,16-17H2,1H3,(H,26,29)/t22-/m1/s1. The number of halogens is 1. The van der Waals surface area contributed by atoms with Crippen LogP contribution in [0.2, 0.25) is 0 Å². The summed E-state index contributed by atoms with van der Waals surface area (Å²) in [7, 11) is 0. The molecule has 5 nitrogen and oxygen atoms in total. The Kier molecular flexibility index (Phi) is 8.31. The van der Waals surface area contributed by atoms with Crippen LogP contribution in [0, 0.1) is 0 Å². The van der Waals surface area contributed by atoms with Crippen LogP contribution in [-0.4, -0.2) is 35.4 Å². The Morgan fingerprint density at radius 2 is 1.77 bits per heavy atom. The largest absolute Gasteiger partial charge is 0.484 e. The Bertz CT molecular complexity index is 820. The van der Waals surface area contributed by atoms with Crippen molar-refractivity contribution in [2.75, 3.05) is 6.61 Å². The molecule has 6 heteroatoms. The summed E-state index contributed by atoms with van der Waals surface area (Å²) in [5.74, 6) is 0.349. The molecule has 1 N–H and O–H groups in total. The molecule has 0 spiro atoms. The minimum absolute atomic E-state index is 0.0719. The van der Waals surface area contributed by atoms with E-state index in [4.69, 9.17) is 4.74 Å². The number of hydrogen-bond donors (Lipinski definition) is 1. The van der Waals surface area contributed by atoms with Gasteiger partial charge in [0.2, 0.25) is 5.91 Å². The van der Waals surface area contributed by atoms with Gasteiger partial charge in [0.25, 0.3) is 5.91 Å². The second-order valence-corrected chi connectivity index (χ2v) is 8.58. The second-order valence-electron chi connectivity index (χ2n) is 7.66. The second kappa shape index (κ2) is 11.2. The van der Waals surface area contributed by atoms with Crippen LogP contribution >= 0.6 is 15.9 Å². The fraction of sp³-hybridized carbons (Fsp3) is 0.417. The zero-order chi connectivity index (χ0) is 21.3. The molecule has 2 amide bonds. The number of amides is 2. The SMILES string of the molecule is CC[C@H](C(=O)NC1CCCC1)N(Cc1ccccc1)C(=O)COc1ccc(Br)cc1. The van der Waals surface area contributed by atoms with Crippen molar-refractivity contribution in [1.29, 1.82) is 0 Å². The van der Waals surface area contributed by atoms with E-state index < -0.39 is 6.04 Å². The van der Waals surface area contributed by atoms with Gasteiger partial charge in [0, 0.05) is 17.1 Å². The van der Waals surface area contributed by atoms with E-state index in [1.165, 1.54) is 0 Å². The summed E-state index contributed by atoms with van der Waals surface area (Å²) in [6.07, 6.45) is 4.88. The summed E-state index contributed by atoms with van der Waals surface area (Å²) >= 11 is 3.39. The van der Waals surface area contributed by atoms with Crippen LogP contribution in [-0.2, 0) is 16.1 Å². The first-order valence-electron chi connectivity index (χ1n) is 10.6. The molecule has 1 saturated carbocycles. The van der Waals surface area contributed by atoms with Gasteiger partial charge in [-0.25, -0.2) is 0 Å². The van der Waals surface area contributed by atoms with Crippen LogP contribution in [0.5, 0.6) is 5.75 Å². The van der Waals surface area contributed by atoms with E-state index in [0.717, 1.165) is 35.7 Å². The van der Waals surface area contributed by atoms with Crippen molar-refractivity contribution >= 4 is 27.7 Å². The molecule has 0 aliphatic heterocycles. The summed E-state index contributed by atoms with van der Waals surface area (Å²) in [5.41, 5.74) is 0.988. The van der Waals surface area contributed by atoms with Crippen molar-refractivity contribution < 1.29 is 14.3 Å². The lowest BCUT2D eigenvalue weighted by Crippen LogP contribution is -2.52. The van der Waals surface area contributed by atoms with Crippen molar-refractivity contribution in [2.24, 2.45) is 0 Å². The fourth-order valence-electron chi connectivity index (χ4n) is 3.83. The van der Waals surface area contributed by atoms with E-state index in [1.54, 1.807) is 4.90 Å². The Labute approximate surface area is 186 Å². The van der Waals surface area contributed by atoms with Crippen LogP contribution < -0.4 is 10.1 Å². The minimum Gasteiger partial charge on any atom is -0.484 e. The van der Waals surface area contributed by atoms with E-state index in [9.17, 15) is 9.59 Å². The molecular formula is C24H29BrN2O3. The normalized spacial score (nSPS) is 14.9. The lowest BCUT2D eigenvalue weighted by molar-refractivity contribution is -0.143. The lowest BCUT2D eigenvalue weighted by atomic mass is 10.1. The first-order chi connectivity index (χ1) is 14.6. The molecule has 0 unspecified atom stereocenters. The number of nitrogens with one attached hydrogen (secondary N) is 1. The number of benzene rings is 2. The van der Waals surface area contributed by atoms with Gasteiger partial charge in [0.05, 0.1) is 0 Å². The summed E-state index contributed by atoms with van der Waals surface area (Å²) in [6.45, 7) is 2.21. The van der Waals surface area contributed by atoms with Crippen LogP contribution in [0.1, 0.15) is 44.6 Å². The van der Waals surface area contributed by atoms with Crippen LogP contribution in [0.4, 0.5) is 0 Å². The van der Waals surface area contributed by atoms with Gasteiger partial charge in [-0.1, -0.05) is 66.0 Å². The lowest BCUT2D eigenvalue weighted by Gasteiger charge is -2.31. The maximum atomic E-state index is 13.1. The molecule has 0 saturated heterocycles. The molecule has 3 rings (SSSR count). The number of carbonyl (C=O) groups is 2. The zero-order valence-corrected chi connectivity index (χ0v) is 18.9. The van der Waals surface area contributed by atoms with Gasteiger partial charge in [-0.15, -0.1) is 0 Å². The fourth-order valence-corrected chi connectivity index (χ4v) is 4.09. The Balaban J connectivity index is 1.72. The third-order valence-electron chi connectivity index (χ3n) is 5.46. The maximum Gasteiger partial charge on any atom is 0.261 e. The average Bonchev–Trinajstić information content (AvgIpc) is 3.26. The molecule has 0 radical (unpaired) electrons. The van der Waals surface area contributed by atoms with Gasteiger partial charge in [-0.3, -0.25) is 9.59 Å². The van der Waals surface area contributed by atoms with Gasteiger partial charge >= 0.3 is 0 Å². The quantitative estimate of drug-likeness (QED) is 0.575. The highest BCUT2D eigenvalue weighted by Crippen LogP contribution is 2.20. The predicted octanol–water partition coefficient (Wildman–Crippen LogP) is 4.69. The van der Waals surface area contributed by atoms with E-state index >= 15 is 0 Å². The van der Waals surface area contributed by atoms with Crippen LogP contribution in [0.15, 0.2) is 59.1 Å². The van der Waals surface area contributed by atoms with E-state index in [1.807, 2.05) is 61.5 Å². The average molecular weight is 473 g/mol. The van der Waals surface area contributed by atoms with Crippen molar-refractivity contribution in [1.82, 2.24) is 10.2 Å². The molecule has 0 bridgehead atoms. The van der Waals surface area contributed by atoms with Gasteiger partial charge in [0.1, 0.15) is 11.8 Å². The Hall–Kier alpha value is -2.34. The molecule has 1 atom stereocenters. The molecule has 1 aliphatic rings. The van der Waals surface area contributed by atoms with Crippen LogP contribution in [0.25, 0.3) is 0 Å². The van der Waals surface area contributed by atoms with Crippen LogP contribution in [0.3, 0.4) is 0 Å².